The van der Waals surface area contributed by atoms with Gasteiger partial charge in [0.05, 0.1) is 19.3 Å². The monoisotopic (exact) mass is 404 g/mol. The van der Waals surface area contributed by atoms with Gasteiger partial charge in [-0.3, -0.25) is 4.79 Å². The highest BCUT2D eigenvalue weighted by Crippen LogP contribution is 2.33. The highest BCUT2D eigenvalue weighted by molar-refractivity contribution is 6.08. The lowest BCUT2D eigenvalue weighted by Crippen LogP contribution is -2.25. The van der Waals surface area contributed by atoms with Gasteiger partial charge in [0.1, 0.15) is 22.8 Å². The average molecular weight is 404 g/mol. The van der Waals surface area contributed by atoms with Crippen LogP contribution in [0.5, 0.6) is 5.75 Å². The van der Waals surface area contributed by atoms with E-state index in [1.54, 1.807) is 36.1 Å². The van der Waals surface area contributed by atoms with E-state index in [4.69, 9.17) is 4.74 Å². The number of nitrogens with zero attached hydrogens (tertiary/aromatic N) is 2. The molecule has 4 rings (SSSR count). The molecule has 2 heterocycles. The normalized spacial score (nSPS) is 14.9. The van der Waals surface area contributed by atoms with Gasteiger partial charge in [0.15, 0.2) is 0 Å². The van der Waals surface area contributed by atoms with Crippen LogP contribution >= 0.6 is 0 Å². The van der Waals surface area contributed by atoms with Gasteiger partial charge < -0.3 is 20.5 Å². The number of hydrogen-bond donors (Lipinski definition) is 3. The number of carbonyl (C=O) groups is 2. The second-order valence-corrected chi connectivity index (χ2v) is 6.85. The summed E-state index contributed by atoms with van der Waals surface area (Å²) in [6.07, 6.45) is 3.00. The molecule has 0 bridgehead atoms. The van der Waals surface area contributed by atoms with Crippen LogP contribution < -0.4 is 15.4 Å². The standard InChI is InChI=1S/C22H20N4O4/c1-13-5-3-4-6-17(13)25-21(27)16-12-23-26-19(11-18(22(28)29)24-20(16)26)14-7-9-15(30-2)10-8-14/h3-12,19,24H,1-2H3,(H,25,27)(H,28,29)/t19-/m0/s1. The summed E-state index contributed by atoms with van der Waals surface area (Å²) >= 11 is 0. The predicted octanol–water partition coefficient (Wildman–Crippen LogP) is 3.44. The Morgan fingerprint density at radius 3 is 2.57 bits per heavy atom. The van der Waals surface area contributed by atoms with Crippen molar-refractivity contribution in [3.63, 3.8) is 0 Å². The van der Waals surface area contributed by atoms with E-state index in [9.17, 15) is 14.7 Å². The number of aryl methyl sites for hydroxylation is 1. The number of nitrogens with one attached hydrogen (secondary N) is 2. The predicted molar refractivity (Wildman–Crippen MR) is 112 cm³/mol. The smallest absolute Gasteiger partial charge is 0.352 e. The van der Waals surface area contributed by atoms with Crippen molar-refractivity contribution in [3.05, 3.63) is 83.2 Å². The molecule has 8 heteroatoms. The minimum absolute atomic E-state index is 0.0197. The molecule has 1 aliphatic heterocycles. The number of carboxylic acid groups (broad SMARTS) is 1. The number of aromatic nitrogens is 2. The number of methoxy groups -OCH3 is 1. The largest absolute Gasteiger partial charge is 0.497 e. The topological polar surface area (TPSA) is 105 Å². The molecule has 2 aromatic carbocycles. The molecule has 3 N–H and O–H groups in total. The fourth-order valence-electron chi connectivity index (χ4n) is 3.33. The summed E-state index contributed by atoms with van der Waals surface area (Å²) < 4.78 is 6.79. The maximum absolute atomic E-state index is 12.9. The maximum atomic E-state index is 12.9. The molecule has 1 atom stereocenters. The molecule has 1 aliphatic rings. The van der Waals surface area contributed by atoms with E-state index in [1.807, 2.05) is 37.3 Å². The summed E-state index contributed by atoms with van der Waals surface area (Å²) in [6, 6.07) is 14.2. The lowest BCUT2D eigenvalue weighted by atomic mass is 10.0. The zero-order valence-corrected chi connectivity index (χ0v) is 16.4. The van der Waals surface area contributed by atoms with Crippen molar-refractivity contribution in [3.8, 4) is 5.75 Å². The Morgan fingerprint density at radius 2 is 1.90 bits per heavy atom. The molecule has 0 saturated heterocycles. The van der Waals surface area contributed by atoms with Crippen molar-refractivity contribution in [1.29, 1.82) is 0 Å². The van der Waals surface area contributed by atoms with Gasteiger partial charge in [0.2, 0.25) is 0 Å². The third-order valence-electron chi connectivity index (χ3n) is 4.96. The van der Waals surface area contributed by atoms with Gasteiger partial charge in [-0.2, -0.15) is 5.10 Å². The number of benzene rings is 2. The van der Waals surface area contributed by atoms with Gasteiger partial charge in [0, 0.05) is 5.69 Å². The van der Waals surface area contributed by atoms with Crippen LogP contribution in [0.4, 0.5) is 11.5 Å². The first-order valence-corrected chi connectivity index (χ1v) is 9.28. The number of rotatable bonds is 5. The number of amides is 1. The Labute approximate surface area is 172 Å². The van der Waals surface area contributed by atoms with Crippen molar-refractivity contribution in [2.45, 2.75) is 13.0 Å². The molecule has 0 saturated carbocycles. The summed E-state index contributed by atoms with van der Waals surface area (Å²) in [5, 5.41) is 19.6. The second kappa shape index (κ2) is 7.75. The minimum Gasteiger partial charge on any atom is -0.497 e. The first kappa shape index (κ1) is 19.3. The Kier molecular flexibility index (Phi) is 4.97. The Balaban J connectivity index is 1.72. The van der Waals surface area contributed by atoms with Crippen molar-refractivity contribution in [2.75, 3.05) is 17.7 Å². The molecule has 0 radical (unpaired) electrons. The minimum atomic E-state index is -1.12. The van der Waals surface area contributed by atoms with Gasteiger partial charge >= 0.3 is 5.97 Å². The fraction of sp³-hybridized carbons (Fsp3) is 0.136. The van der Waals surface area contributed by atoms with Crippen molar-refractivity contribution in [2.24, 2.45) is 0 Å². The quantitative estimate of drug-likeness (QED) is 0.602. The Hall–Kier alpha value is -4.07. The molecule has 8 nitrogen and oxygen atoms in total. The van der Waals surface area contributed by atoms with Crippen LogP contribution in [0.15, 0.2) is 66.5 Å². The number of para-hydroxylation sites is 1. The van der Waals surface area contributed by atoms with E-state index < -0.39 is 12.0 Å². The molecule has 1 amide bonds. The lowest BCUT2D eigenvalue weighted by molar-refractivity contribution is -0.132. The molecule has 3 aromatic rings. The van der Waals surface area contributed by atoms with Crippen LogP contribution in [0.3, 0.4) is 0 Å². The van der Waals surface area contributed by atoms with Gasteiger partial charge in [-0.15, -0.1) is 0 Å². The molecule has 1 aromatic heterocycles. The van der Waals surface area contributed by atoms with Gasteiger partial charge in [-0.1, -0.05) is 30.3 Å². The van der Waals surface area contributed by atoms with E-state index in [1.165, 1.54) is 6.20 Å². The van der Waals surface area contributed by atoms with Crippen LogP contribution in [0.25, 0.3) is 0 Å². The van der Waals surface area contributed by atoms with E-state index in [0.717, 1.165) is 11.1 Å². The first-order valence-electron chi connectivity index (χ1n) is 9.28. The van der Waals surface area contributed by atoms with Gasteiger partial charge in [-0.05, 0) is 42.3 Å². The van der Waals surface area contributed by atoms with E-state index in [0.29, 0.717) is 17.3 Å². The van der Waals surface area contributed by atoms with Crippen LogP contribution in [0, 0.1) is 6.92 Å². The van der Waals surface area contributed by atoms with Crippen LogP contribution in [-0.2, 0) is 4.79 Å². The molecular weight excluding hydrogens is 384 g/mol. The van der Waals surface area contributed by atoms with Crippen LogP contribution in [0.2, 0.25) is 0 Å². The first-order chi connectivity index (χ1) is 14.5. The zero-order valence-electron chi connectivity index (χ0n) is 16.4. The fourth-order valence-corrected chi connectivity index (χ4v) is 3.33. The average Bonchev–Trinajstić information content (AvgIpc) is 3.19. The number of anilines is 2. The third-order valence-corrected chi connectivity index (χ3v) is 4.96. The van der Waals surface area contributed by atoms with E-state index in [-0.39, 0.29) is 17.2 Å². The summed E-state index contributed by atoms with van der Waals surface area (Å²) in [7, 11) is 1.58. The number of carbonyl (C=O) groups excluding carboxylic acids is 1. The molecule has 0 fully saturated rings. The Bertz CT molecular complexity index is 1150. The van der Waals surface area contributed by atoms with Crippen molar-refractivity contribution >= 4 is 23.4 Å². The highest BCUT2D eigenvalue weighted by atomic mass is 16.5. The summed E-state index contributed by atoms with van der Waals surface area (Å²) in [6.45, 7) is 1.90. The number of carboxylic acids is 1. The highest BCUT2D eigenvalue weighted by Gasteiger charge is 2.29. The van der Waals surface area contributed by atoms with Gasteiger partial charge in [0.25, 0.3) is 5.91 Å². The summed E-state index contributed by atoms with van der Waals surface area (Å²) in [4.78, 5) is 24.6. The molecular formula is C22H20N4O4. The van der Waals surface area contributed by atoms with Gasteiger partial charge in [-0.25, -0.2) is 9.48 Å². The zero-order chi connectivity index (χ0) is 21.3. The summed E-state index contributed by atoms with van der Waals surface area (Å²) in [5.41, 5.74) is 2.64. The van der Waals surface area contributed by atoms with E-state index in [2.05, 4.69) is 15.7 Å². The van der Waals surface area contributed by atoms with E-state index >= 15 is 0 Å². The molecule has 30 heavy (non-hydrogen) atoms. The summed E-state index contributed by atoms with van der Waals surface area (Å²) in [5.74, 6) is -0.486. The number of ether oxygens (including phenoxy) is 1. The maximum Gasteiger partial charge on any atom is 0.352 e. The number of fused-ring (bicyclic) bond motifs is 1. The van der Waals surface area contributed by atoms with Crippen molar-refractivity contribution in [1.82, 2.24) is 9.78 Å². The number of allylic oxidation sites excluding steroid dienone is 1. The Morgan fingerprint density at radius 1 is 1.17 bits per heavy atom. The number of hydrogen-bond acceptors (Lipinski definition) is 5. The molecule has 0 aliphatic carbocycles. The lowest BCUT2D eigenvalue weighted by Gasteiger charge is -2.24. The molecule has 152 valence electrons. The van der Waals surface area contributed by atoms with Crippen LogP contribution in [0.1, 0.15) is 27.5 Å². The molecule has 0 unspecified atom stereocenters. The second-order valence-electron chi connectivity index (χ2n) is 6.85. The third kappa shape index (κ3) is 3.50. The van der Waals surface area contributed by atoms with Crippen LogP contribution in [-0.4, -0.2) is 33.9 Å². The number of aliphatic carboxylic acids is 1. The van der Waals surface area contributed by atoms with Crippen molar-refractivity contribution < 1.29 is 19.4 Å². The molecule has 0 spiro atoms. The SMILES string of the molecule is COc1ccc([C@@H]2C=C(C(=O)O)Nc3c(C(=O)Nc4ccccc4C)cnn32)cc1.